The maximum Gasteiger partial charge on any atom is 0.0661 e. The Morgan fingerprint density at radius 2 is 2.29 bits per heavy atom. The van der Waals surface area contributed by atoms with Gasteiger partial charge in [0.15, 0.2) is 0 Å². The third-order valence-electron chi connectivity index (χ3n) is 1.75. The molecule has 0 radical (unpaired) electrons. The summed E-state index contributed by atoms with van der Waals surface area (Å²) in [6.45, 7) is 2.80. The Balaban J connectivity index is 2.67. The van der Waals surface area contributed by atoms with E-state index in [-0.39, 0.29) is 0 Å². The minimum Gasteiger partial charge on any atom is -0.383 e. The van der Waals surface area contributed by atoms with Crippen LogP contribution in [0.4, 0.5) is 5.69 Å². The molecule has 4 heteroatoms. The number of methoxy groups -OCH3 is 1. The lowest BCUT2D eigenvalue weighted by atomic mass is 10.3. The molecule has 2 nitrogen and oxygen atoms in total. The van der Waals surface area contributed by atoms with Gasteiger partial charge in [0.05, 0.1) is 6.61 Å². The molecule has 0 saturated carbocycles. The number of halogens is 2. The summed E-state index contributed by atoms with van der Waals surface area (Å²) in [6.07, 6.45) is 0. The molecule has 0 heterocycles. The van der Waals surface area contributed by atoms with E-state index in [0.717, 1.165) is 10.2 Å². The van der Waals surface area contributed by atoms with Crippen LogP contribution in [-0.2, 0) is 4.74 Å². The van der Waals surface area contributed by atoms with Crippen molar-refractivity contribution in [1.82, 2.24) is 0 Å². The van der Waals surface area contributed by atoms with Crippen LogP contribution in [0.2, 0.25) is 0 Å². The molecule has 1 aromatic carbocycles. The Bertz CT molecular complexity index is 306. The Morgan fingerprint density at radius 3 is 2.86 bits per heavy atom. The highest BCUT2D eigenvalue weighted by Crippen LogP contribution is 2.24. The normalized spacial score (nSPS) is 12.6. The number of hydrogen-bond donors (Lipinski definition) is 1. The lowest BCUT2D eigenvalue weighted by Gasteiger charge is -2.15. The third kappa shape index (κ3) is 3.74. The monoisotopic (exact) mass is 369 g/mol. The number of benzene rings is 1. The fourth-order valence-electron chi connectivity index (χ4n) is 1.16. The molecule has 1 unspecified atom stereocenters. The van der Waals surface area contributed by atoms with Crippen molar-refractivity contribution < 1.29 is 4.74 Å². The molecule has 0 fully saturated rings. The molecule has 0 amide bonds. The van der Waals surface area contributed by atoms with Crippen LogP contribution in [-0.4, -0.2) is 19.8 Å². The van der Waals surface area contributed by atoms with Gasteiger partial charge < -0.3 is 10.1 Å². The average Bonchev–Trinajstić information content (AvgIpc) is 2.10. The van der Waals surface area contributed by atoms with Crippen LogP contribution < -0.4 is 5.32 Å². The van der Waals surface area contributed by atoms with E-state index < -0.39 is 0 Å². The van der Waals surface area contributed by atoms with Crippen molar-refractivity contribution >= 4 is 44.2 Å². The minimum absolute atomic E-state index is 0.316. The third-order valence-corrected chi connectivity index (χ3v) is 3.08. The zero-order chi connectivity index (χ0) is 10.6. The van der Waals surface area contributed by atoms with Crippen LogP contribution in [0.25, 0.3) is 0 Å². The van der Waals surface area contributed by atoms with Gasteiger partial charge in [-0.05, 0) is 63.6 Å². The molecule has 1 N–H and O–H groups in total. The number of hydrogen-bond acceptors (Lipinski definition) is 2. The largest absolute Gasteiger partial charge is 0.383 e. The Morgan fingerprint density at radius 1 is 1.57 bits per heavy atom. The van der Waals surface area contributed by atoms with Crippen LogP contribution >= 0.6 is 38.5 Å². The Kier molecular flexibility index (Phi) is 5.19. The zero-order valence-electron chi connectivity index (χ0n) is 8.18. The number of ether oxygens (including phenoxy) is 1. The van der Waals surface area contributed by atoms with Gasteiger partial charge in [0, 0.05) is 26.9 Å². The maximum atomic E-state index is 5.06. The van der Waals surface area contributed by atoms with Crippen LogP contribution in [0.15, 0.2) is 22.7 Å². The van der Waals surface area contributed by atoms with E-state index in [0.29, 0.717) is 12.6 Å². The predicted octanol–water partition coefficient (Wildman–Crippen LogP) is 3.50. The molecule has 0 spiro atoms. The van der Waals surface area contributed by atoms with Gasteiger partial charge in [-0.3, -0.25) is 0 Å². The van der Waals surface area contributed by atoms with Crippen molar-refractivity contribution in [2.45, 2.75) is 13.0 Å². The van der Waals surface area contributed by atoms with Crippen molar-refractivity contribution in [3.63, 3.8) is 0 Å². The molecule has 78 valence electrons. The molecule has 0 aliphatic rings. The van der Waals surface area contributed by atoms with E-state index in [1.165, 1.54) is 3.57 Å². The standard InChI is InChI=1S/C10H13BrINO/c1-7(6-14-2)13-10-4-3-8(12)5-9(10)11/h3-5,7,13H,6H2,1-2H3. The van der Waals surface area contributed by atoms with Gasteiger partial charge in [-0.15, -0.1) is 0 Å². The van der Waals surface area contributed by atoms with E-state index in [1.807, 2.05) is 0 Å². The molecule has 0 saturated heterocycles. The lowest BCUT2D eigenvalue weighted by Crippen LogP contribution is -2.20. The summed E-state index contributed by atoms with van der Waals surface area (Å²) in [5, 5.41) is 3.36. The Hall–Kier alpha value is 0.190. The van der Waals surface area contributed by atoms with Gasteiger partial charge in [-0.2, -0.15) is 0 Å². The molecule has 0 aliphatic carbocycles. The fraction of sp³-hybridized carbons (Fsp3) is 0.400. The van der Waals surface area contributed by atoms with E-state index in [4.69, 9.17) is 4.74 Å². The number of rotatable bonds is 4. The van der Waals surface area contributed by atoms with Crippen molar-refractivity contribution in [3.05, 3.63) is 26.2 Å². The highest BCUT2D eigenvalue weighted by molar-refractivity contribution is 14.1. The van der Waals surface area contributed by atoms with Gasteiger partial charge in [-0.1, -0.05) is 0 Å². The predicted molar refractivity (Wildman–Crippen MR) is 71.8 cm³/mol. The number of anilines is 1. The van der Waals surface area contributed by atoms with E-state index in [2.05, 4.69) is 69.0 Å². The molecule has 1 rings (SSSR count). The minimum atomic E-state index is 0.316. The average molecular weight is 370 g/mol. The van der Waals surface area contributed by atoms with Crippen LogP contribution in [0, 0.1) is 3.57 Å². The smallest absolute Gasteiger partial charge is 0.0661 e. The maximum absolute atomic E-state index is 5.06. The molecular formula is C10H13BrINO. The summed E-state index contributed by atoms with van der Waals surface area (Å²) in [5.41, 5.74) is 1.11. The first-order chi connectivity index (χ1) is 6.63. The quantitative estimate of drug-likeness (QED) is 0.820. The Labute approximate surface area is 107 Å². The second kappa shape index (κ2) is 5.92. The molecule has 14 heavy (non-hydrogen) atoms. The molecule has 0 aromatic heterocycles. The first kappa shape index (κ1) is 12.3. The summed E-state index contributed by atoms with van der Waals surface area (Å²) in [5.74, 6) is 0. The van der Waals surface area contributed by atoms with Crippen molar-refractivity contribution in [1.29, 1.82) is 0 Å². The topological polar surface area (TPSA) is 21.3 Å². The highest BCUT2D eigenvalue weighted by Gasteiger charge is 2.04. The van der Waals surface area contributed by atoms with Gasteiger partial charge in [0.1, 0.15) is 0 Å². The fourth-order valence-corrected chi connectivity index (χ4v) is 2.58. The first-order valence-corrected chi connectivity index (χ1v) is 6.21. The van der Waals surface area contributed by atoms with Gasteiger partial charge in [0.2, 0.25) is 0 Å². The molecular weight excluding hydrogens is 357 g/mol. The summed E-state index contributed by atoms with van der Waals surface area (Å²) in [6, 6.07) is 6.55. The van der Waals surface area contributed by atoms with Gasteiger partial charge >= 0.3 is 0 Å². The van der Waals surface area contributed by atoms with E-state index in [9.17, 15) is 0 Å². The van der Waals surface area contributed by atoms with Crippen molar-refractivity contribution in [3.8, 4) is 0 Å². The first-order valence-electron chi connectivity index (χ1n) is 4.34. The summed E-state index contributed by atoms with van der Waals surface area (Å²) >= 11 is 5.81. The van der Waals surface area contributed by atoms with Crippen LogP contribution in [0.3, 0.4) is 0 Å². The lowest BCUT2D eigenvalue weighted by molar-refractivity contribution is 0.190. The molecule has 1 atom stereocenters. The summed E-state index contributed by atoms with van der Waals surface area (Å²) in [4.78, 5) is 0. The number of nitrogens with one attached hydrogen (secondary N) is 1. The second-order valence-corrected chi connectivity index (χ2v) is 5.22. The summed E-state index contributed by atoms with van der Waals surface area (Å²) in [7, 11) is 1.71. The van der Waals surface area contributed by atoms with Crippen LogP contribution in [0.1, 0.15) is 6.92 Å². The van der Waals surface area contributed by atoms with Gasteiger partial charge in [0.25, 0.3) is 0 Å². The van der Waals surface area contributed by atoms with Crippen molar-refractivity contribution in [2.75, 3.05) is 19.0 Å². The zero-order valence-corrected chi connectivity index (χ0v) is 11.9. The second-order valence-electron chi connectivity index (χ2n) is 3.12. The molecule has 0 aliphatic heterocycles. The highest BCUT2D eigenvalue weighted by atomic mass is 127. The molecule has 1 aromatic rings. The van der Waals surface area contributed by atoms with Crippen LogP contribution in [0.5, 0.6) is 0 Å². The van der Waals surface area contributed by atoms with E-state index in [1.54, 1.807) is 7.11 Å². The van der Waals surface area contributed by atoms with Crippen molar-refractivity contribution in [2.24, 2.45) is 0 Å². The van der Waals surface area contributed by atoms with Gasteiger partial charge in [-0.25, -0.2) is 0 Å². The summed E-state index contributed by atoms with van der Waals surface area (Å²) < 4.78 is 7.37. The SMILES string of the molecule is COCC(C)Nc1ccc(I)cc1Br. The molecule has 0 bridgehead atoms. The van der Waals surface area contributed by atoms with E-state index >= 15 is 0 Å².